The molecular weight excluding hydrogens is 124 g/mol. The summed E-state index contributed by atoms with van der Waals surface area (Å²) >= 11 is 1.31. The van der Waals surface area contributed by atoms with E-state index in [4.69, 9.17) is 5.11 Å². The fraction of sp³-hybridized carbons (Fsp3) is 0. The molecular formula is C5H4O2S. The number of thiophene rings is 1. The van der Waals surface area contributed by atoms with Gasteiger partial charge >= 0.3 is 0 Å². The lowest BCUT2D eigenvalue weighted by molar-refractivity contribution is 0.112. The Labute approximate surface area is 50.4 Å². The summed E-state index contributed by atoms with van der Waals surface area (Å²) < 4.78 is 0. The van der Waals surface area contributed by atoms with Crippen molar-refractivity contribution >= 4 is 17.6 Å². The molecule has 0 fully saturated rings. The van der Waals surface area contributed by atoms with Gasteiger partial charge in [-0.15, -0.1) is 11.3 Å². The molecule has 0 aliphatic heterocycles. The van der Waals surface area contributed by atoms with Gasteiger partial charge in [0.1, 0.15) is 5.75 Å². The molecule has 0 aliphatic rings. The molecule has 0 aromatic carbocycles. The SMILES string of the molecule is O=Cc1cscc1O. The number of rotatable bonds is 1. The second kappa shape index (κ2) is 1.96. The Kier molecular flexibility index (Phi) is 1.30. The fourth-order valence-electron chi connectivity index (χ4n) is 0.388. The summed E-state index contributed by atoms with van der Waals surface area (Å²) in [6.07, 6.45) is 0.631. The number of aldehydes is 1. The van der Waals surface area contributed by atoms with E-state index in [-0.39, 0.29) is 5.75 Å². The Hall–Kier alpha value is -0.830. The minimum absolute atomic E-state index is 0.0741. The second-order valence-electron chi connectivity index (χ2n) is 1.33. The first-order valence-electron chi connectivity index (χ1n) is 2.05. The first-order valence-corrected chi connectivity index (χ1v) is 2.99. The summed E-state index contributed by atoms with van der Waals surface area (Å²) in [5.41, 5.74) is 0.370. The van der Waals surface area contributed by atoms with Crippen LogP contribution in [0.4, 0.5) is 0 Å². The van der Waals surface area contributed by atoms with Crippen molar-refractivity contribution in [2.75, 3.05) is 0 Å². The molecule has 1 heterocycles. The zero-order valence-corrected chi connectivity index (χ0v) is 4.81. The van der Waals surface area contributed by atoms with Crippen LogP contribution in [0.15, 0.2) is 10.8 Å². The van der Waals surface area contributed by atoms with Crippen molar-refractivity contribution in [1.29, 1.82) is 0 Å². The van der Waals surface area contributed by atoms with Gasteiger partial charge in [0.15, 0.2) is 6.29 Å². The molecule has 0 aliphatic carbocycles. The van der Waals surface area contributed by atoms with Crippen LogP contribution >= 0.6 is 11.3 Å². The number of aromatic hydroxyl groups is 1. The Bertz CT molecular complexity index is 192. The molecule has 0 saturated heterocycles. The third-order valence-electron chi connectivity index (χ3n) is 0.797. The quantitative estimate of drug-likeness (QED) is 0.578. The fourth-order valence-corrected chi connectivity index (χ4v) is 1.04. The standard InChI is InChI=1S/C5H4O2S/c6-1-4-2-8-3-5(4)7/h1-3,7H. The highest BCUT2D eigenvalue weighted by Gasteiger charge is 1.96. The van der Waals surface area contributed by atoms with Gasteiger partial charge in [0, 0.05) is 10.8 Å². The van der Waals surface area contributed by atoms with E-state index in [0.29, 0.717) is 11.8 Å². The van der Waals surface area contributed by atoms with Gasteiger partial charge in [-0.2, -0.15) is 0 Å². The molecule has 1 rings (SSSR count). The van der Waals surface area contributed by atoms with Crippen molar-refractivity contribution in [3.05, 3.63) is 16.3 Å². The van der Waals surface area contributed by atoms with Gasteiger partial charge in [0.2, 0.25) is 0 Å². The van der Waals surface area contributed by atoms with Crippen molar-refractivity contribution in [3.63, 3.8) is 0 Å². The molecule has 0 atom stereocenters. The van der Waals surface area contributed by atoms with E-state index in [1.54, 1.807) is 5.38 Å². The molecule has 1 aromatic heterocycles. The van der Waals surface area contributed by atoms with Gasteiger partial charge in [-0.3, -0.25) is 4.79 Å². The van der Waals surface area contributed by atoms with Crippen LogP contribution in [0.1, 0.15) is 10.4 Å². The van der Waals surface area contributed by atoms with E-state index in [9.17, 15) is 4.79 Å². The first kappa shape index (κ1) is 5.31. The Morgan fingerprint density at radius 2 is 2.38 bits per heavy atom. The van der Waals surface area contributed by atoms with Gasteiger partial charge in [-0.1, -0.05) is 0 Å². The lowest BCUT2D eigenvalue weighted by atomic mass is 10.4. The van der Waals surface area contributed by atoms with Crippen LogP contribution in [0.2, 0.25) is 0 Å². The van der Waals surface area contributed by atoms with E-state index in [1.165, 1.54) is 16.7 Å². The van der Waals surface area contributed by atoms with E-state index in [0.717, 1.165) is 0 Å². The van der Waals surface area contributed by atoms with Gasteiger partial charge in [0.25, 0.3) is 0 Å². The topological polar surface area (TPSA) is 37.3 Å². The van der Waals surface area contributed by atoms with Crippen LogP contribution in [-0.4, -0.2) is 11.4 Å². The number of carbonyl (C=O) groups excluding carboxylic acids is 1. The van der Waals surface area contributed by atoms with Gasteiger partial charge in [0.05, 0.1) is 5.56 Å². The lowest BCUT2D eigenvalue weighted by Gasteiger charge is -1.79. The highest BCUT2D eigenvalue weighted by Crippen LogP contribution is 2.18. The summed E-state index contributed by atoms with van der Waals surface area (Å²) in [5.74, 6) is 0.0741. The monoisotopic (exact) mass is 128 g/mol. The van der Waals surface area contributed by atoms with Crippen LogP contribution in [0, 0.1) is 0 Å². The molecule has 0 spiro atoms. The second-order valence-corrected chi connectivity index (χ2v) is 2.07. The van der Waals surface area contributed by atoms with Crippen LogP contribution in [0.25, 0.3) is 0 Å². The summed E-state index contributed by atoms with van der Waals surface area (Å²) in [5, 5.41) is 11.8. The molecule has 3 heteroatoms. The molecule has 0 saturated carbocycles. The largest absolute Gasteiger partial charge is 0.506 e. The summed E-state index contributed by atoms with van der Waals surface area (Å²) in [4.78, 5) is 9.94. The number of hydrogen-bond acceptors (Lipinski definition) is 3. The van der Waals surface area contributed by atoms with E-state index < -0.39 is 0 Å². The lowest BCUT2D eigenvalue weighted by Crippen LogP contribution is -1.69. The minimum atomic E-state index is 0.0741. The van der Waals surface area contributed by atoms with Crippen molar-refractivity contribution in [2.45, 2.75) is 0 Å². The van der Waals surface area contributed by atoms with E-state index in [2.05, 4.69) is 0 Å². The van der Waals surface area contributed by atoms with E-state index in [1.807, 2.05) is 0 Å². The van der Waals surface area contributed by atoms with Crippen LogP contribution in [0.5, 0.6) is 5.75 Å². The average Bonchev–Trinajstić information content (AvgIpc) is 2.14. The normalized spacial score (nSPS) is 9.00. The number of hydrogen-bond donors (Lipinski definition) is 1. The van der Waals surface area contributed by atoms with Gasteiger partial charge in [-0.05, 0) is 0 Å². The summed E-state index contributed by atoms with van der Waals surface area (Å²) in [6.45, 7) is 0. The molecule has 2 nitrogen and oxygen atoms in total. The average molecular weight is 128 g/mol. The molecule has 0 amide bonds. The maximum Gasteiger partial charge on any atom is 0.154 e. The highest BCUT2D eigenvalue weighted by atomic mass is 32.1. The maximum absolute atomic E-state index is 9.94. The van der Waals surface area contributed by atoms with Gasteiger partial charge in [-0.25, -0.2) is 0 Å². The third kappa shape index (κ3) is 0.721. The third-order valence-corrected chi connectivity index (χ3v) is 1.55. The maximum atomic E-state index is 9.94. The molecule has 42 valence electrons. The van der Waals surface area contributed by atoms with E-state index >= 15 is 0 Å². The zero-order valence-electron chi connectivity index (χ0n) is 4.00. The predicted molar refractivity (Wildman–Crippen MR) is 31.4 cm³/mol. The minimum Gasteiger partial charge on any atom is -0.506 e. The van der Waals surface area contributed by atoms with Crippen LogP contribution in [0.3, 0.4) is 0 Å². The van der Waals surface area contributed by atoms with Crippen molar-refractivity contribution in [2.24, 2.45) is 0 Å². The molecule has 0 unspecified atom stereocenters. The van der Waals surface area contributed by atoms with Crippen molar-refractivity contribution < 1.29 is 9.90 Å². The smallest absolute Gasteiger partial charge is 0.154 e. The van der Waals surface area contributed by atoms with Crippen LogP contribution < -0.4 is 0 Å². The van der Waals surface area contributed by atoms with Crippen molar-refractivity contribution in [3.8, 4) is 5.75 Å². The highest BCUT2D eigenvalue weighted by molar-refractivity contribution is 7.08. The predicted octanol–water partition coefficient (Wildman–Crippen LogP) is 1.27. The van der Waals surface area contributed by atoms with Gasteiger partial charge < -0.3 is 5.11 Å². The van der Waals surface area contributed by atoms with Crippen molar-refractivity contribution in [1.82, 2.24) is 0 Å². The molecule has 1 aromatic rings. The Balaban J connectivity index is 3.09. The molecule has 0 radical (unpaired) electrons. The molecule has 1 N–H and O–H groups in total. The Morgan fingerprint density at radius 1 is 1.62 bits per heavy atom. The summed E-state index contributed by atoms with van der Waals surface area (Å²) in [7, 11) is 0. The Morgan fingerprint density at radius 3 is 2.62 bits per heavy atom. The number of carbonyl (C=O) groups is 1. The van der Waals surface area contributed by atoms with Crippen LogP contribution in [-0.2, 0) is 0 Å². The molecule has 8 heavy (non-hydrogen) atoms. The zero-order chi connectivity index (χ0) is 5.98. The summed E-state index contributed by atoms with van der Waals surface area (Å²) in [6, 6.07) is 0. The molecule has 0 bridgehead atoms. The first-order chi connectivity index (χ1) is 3.84.